The zero-order valence-corrected chi connectivity index (χ0v) is 26.0. The third-order valence-corrected chi connectivity index (χ3v) is 10.2. The number of likely N-dealkylation sites (tertiary alicyclic amines) is 1. The highest BCUT2D eigenvalue weighted by Gasteiger charge is 2.29. The molecule has 0 saturated carbocycles. The number of piperidine rings is 1. The minimum atomic E-state index is -3.57. The van der Waals surface area contributed by atoms with Crippen molar-refractivity contribution in [2.45, 2.75) is 62.4 Å². The lowest BCUT2D eigenvalue weighted by molar-refractivity contribution is 0.117. The fraction of sp³-hybridized carbons (Fsp3) is 0.441. The van der Waals surface area contributed by atoms with Crippen LogP contribution in [0.1, 0.15) is 62.6 Å². The van der Waals surface area contributed by atoms with Gasteiger partial charge in [-0.1, -0.05) is 85.8 Å². The molecule has 1 aliphatic rings. The Morgan fingerprint density at radius 3 is 2.02 bits per heavy atom. The molecule has 1 heterocycles. The average molecular weight is 591 g/mol. The molecule has 1 N–H and O–H groups in total. The van der Waals surface area contributed by atoms with Crippen LogP contribution in [0.25, 0.3) is 0 Å². The molecular formula is C34H46N4O3S. The van der Waals surface area contributed by atoms with Gasteiger partial charge in [0, 0.05) is 39.3 Å². The van der Waals surface area contributed by atoms with E-state index in [9.17, 15) is 13.2 Å². The van der Waals surface area contributed by atoms with Gasteiger partial charge >= 0.3 is 6.03 Å². The fourth-order valence-corrected chi connectivity index (χ4v) is 7.08. The van der Waals surface area contributed by atoms with Crippen LogP contribution >= 0.6 is 0 Å². The molecule has 2 amide bonds. The van der Waals surface area contributed by atoms with Gasteiger partial charge in [-0.15, -0.1) is 0 Å². The predicted octanol–water partition coefficient (Wildman–Crippen LogP) is 6.13. The van der Waals surface area contributed by atoms with Crippen LogP contribution in [0.4, 0.5) is 4.79 Å². The Labute approximate surface area is 252 Å². The Bertz CT molecular complexity index is 1330. The number of hydrogen-bond donors (Lipinski definition) is 1. The quantitative estimate of drug-likeness (QED) is 0.260. The minimum absolute atomic E-state index is 0.0125. The Morgan fingerprint density at radius 2 is 1.45 bits per heavy atom. The predicted molar refractivity (Wildman–Crippen MR) is 170 cm³/mol. The fourth-order valence-electron chi connectivity index (χ4n) is 5.85. The molecule has 42 heavy (non-hydrogen) atoms. The van der Waals surface area contributed by atoms with Gasteiger partial charge < -0.3 is 15.1 Å². The smallest absolute Gasteiger partial charge is 0.318 e. The van der Waals surface area contributed by atoms with Gasteiger partial charge in [-0.2, -0.15) is 0 Å². The van der Waals surface area contributed by atoms with Crippen molar-refractivity contribution in [2.75, 3.05) is 39.8 Å². The number of hydrogen-bond acceptors (Lipinski definition) is 4. The first-order chi connectivity index (χ1) is 20.3. The highest BCUT2D eigenvalue weighted by atomic mass is 32.2. The van der Waals surface area contributed by atoms with Gasteiger partial charge in [-0.25, -0.2) is 17.5 Å². The zero-order valence-electron chi connectivity index (χ0n) is 25.2. The van der Waals surface area contributed by atoms with E-state index in [4.69, 9.17) is 0 Å². The molecule has 3 aromatic rings. The lowest BCUT2D eigenvalue weighted by atomic mass is 9.94. The van der Waals surface area contributed by atoms with E-state index in [2.05, 4.69) is 29.3 Å². The summed E-state index contributed by atoms with van der Waals surface area (Å²) in [6, 6.07) is 29.1. The van der Waals surface area contributed by atoms with Crippen LogP contribution in [0.15, 0.2) is 95.9 Å². The number of nitrogens with zero attached hydrogens (tertiary/aromatic N) is 3. The van der Waals surface area contributed by atoms with Gasteiger partial charge in [0.15, 0.2) is 0 Å². The number of benzene rings is 3. The van der Waals surface area contributed by atoms with E-state index >= 15 is 0 Å². The van der Waals surface area contributed by atoms with Gasteiger partial charge in [0.2, 0.25) is 10.0 Å². The molecule has 226 valence electrons. The highest BCUT2D eigenvalue weighted by Crippen LogP contribution is 2.26. The van der Waals surface area contributed by atoms with Crippen molar-refractivity contribution in [3.63, 3.8) is 0 Å². The molecule has 0 bridgehead atoms. The van der Waals surface area contributed by atoms with Crippen molar-refractivity contribution in [3.8, 4) is 0 Å². The van der Waals surface area contributed by atoms with Crippen molar-refractivity contribution in [1.82, 2.24) is 19.4 Å². The Kier molecular flexibility index (Phi) is 11.6. The topological polar surface area (TPSA) is 73.0 Å². The lowest BCUT2D eigenvalue weighted by Crippen LogP contribution is -2.51. The number of nitrogens with one attached hydrogen (secondary N) is 1. The maximum absolute atomic E-state index is 13.3. The maximum atomic E-state index is 13.3. The second kappa shape index (κ2) is 15.3. The number of amides is 2. The van der Waals surface area contributed by atoms with Crippen LogP contribution in [-0.4, -0.2) is 74.4 Å². The van der Waals surface area contributed by atoms with Crippen molar-refractivity contribution in [1.29, 1.82) is 0 Å². The molecule has 0 spiro atoms. The van der Waals surface area contributed by atoms with Crippen molar-refractivity contribution < 1.29 is 13.2 Å². The van der Waals surface area contributed by atoms with Crippen LogP contribution in [-0.2, 0) is 10.0 Å². The number of urea groups is 1. The van der Waals surface area contributed by atoms with Gasteiger partial charge in [-0.05, 0) is 68.3 Å². The molecular weight excluding hydrogens is 544 g/mol. The number of rotatable bonds is 13. The SMILES string of the molecule is CCCN(C(=O)N[C@H](C)c1ccccc1)C1CCN(CCC(CN(C)S(=O)(=O)c2ccccc2)c2ccccc2)CC1. The van der Waals surface area contributed by atoms with E-state index in [-0.39, 0.29) is 24.0 Å². The van der Waals surface area contributed by atoms with Crippen LogP contribution in [0.2, 0.25) is 0 Å². The summed E-state index contributed by atoms with van der Waals surface area (Å²) in [5, 5.41) is 3.21. The van der Waals surface area contributed by atoms with Crippen molar-refractivity contribution in [3.05, 3.63) is 102 Å². The van der Waals surface area contributed by atoms with Gasteiger partial charge in [0.05, 0.1) is 10.9 Å². The van der Waals surface area contributed by atoms with E-state index < -0.39 is 10.0 Å². The lowest BCUT2D eigenvalue weighted by Gasteiger charge is -2.39. The van der Waals surface area contributed by atoms with Gasteiger partial charge in [0.25, 0.3) is 0 Å². The van der Waals surface area contributed by atoms with Crippen LogP contribution in [0.3, 0.4) is 0 Å². The molecule has 4 rings (SSSR count). The summed E-state index contributed by atoms with van der Waals surface area (Å²) in [4.78, 5) is 18.1. The molecule has 8 heteroatoms. The van der Waals surface area contributed by atoms with E-state index in [0.717, 1.165) is 63.0 Å². The van der Waals surface area contributed by atoms with E-state index in [1.807, 2.05) is 66.4 Å². The minimum Gasteiger partial charge on any atom is -0.331 e. The second-order valence-electron chi connectivity index (χ2n) is 11.3. The number of likely N-dealkylation sites (N-methyl/N-ethyl adjacent to an activating group) is 1. The van der Waals surface area contributed by atoms with E-state index in [1.165, 1.54) is 4.31 Å². The summed E-state index contributed by atoms with van der Waals surface area (Å²) in [5.41, 5.74) is 2.26. The maximum Gasteiger partial charge on any atom is 0.318 e. The van der Waals surface area contributed by atoms with Crippen LogP contribution in [0, 0.1) is 0 Å². The number of sulfonamides is 1. The zero-order chi connectivity index (χ0) is 30.0. The Balaban J connectivity index is 1.34. The molecule has 3 aromatic carbocycles. The molecule has 0 aliphatic carbocycles. The summed E-state index contributed by atoms with van der Waals surface area (Å²) < 4.78 is 28.0. The van der Waals surface area contributed by atoms with Crippen LogP contribution in [0.5, 0.6) is 0 Å². The molecule has 1 aliphatic heterocycles. The van der Waals surface area contributed by atoms with Crippen molar-refractivity contribution in [2.24, 2.45) is 0 Å². The third-order valence-electron chi connectivity index (χ3n) is 8.36. The number of carbonyl (C=O) groups is 1. The molecule has 7 nitrogen and oxygen atoms in total. The molecule has 1 fully saturated rings. The van der Waals surface area contributed by atoms with Crippen molar-refractivity contribution >= 4 is 16.1 Å². The molecule has 0 aromatic heterocycles. The molecule has 1 saturated heterocycles. The summed E-state index contributed by atoms with van der Waals surface area (Å²) >= 11 is 0. The normalized spacial score (nSPS) is 16.2. The van der Waals surface area contributed by atoms with Crippen LogP contribution < -0.4 is 5.32 Å². The summed E-state index contributed by atoms with van der Waals surface area (Å²) in [7, 11) is -1.89. The first-order valence-corrected chi connectivity index (χ1v) is 16.6. The Morgan fingerprint density at radius 1 is 0.905 bits per heavy atom. The van der Waals surface area contributed by atoms with Gasteiger partial charge in [-0.3, -0.25) is 0 Å². The standard InChI is InChI=1S/C34H46N4O3S/c1-4-23-38(34(39)35-28(2)29-14-8-5-9-15-29)32-21-25-37(26-22-32)24-20-31(30-16-10-6-11-17-30)27-36(3)42(40,41)33-18-12-7-13-19-33/h5-19,28,31-32H,4,20-27H2,1-3H3,(H,35,39)/t28-,31?/m1/s1. The molecule has 0 radical (unpaired) electrons. The second-order valence-corrected chi connectivity index (χ2v) is 13.4. The van der Waals surface area contributed by atoms with Gasteiger partial charge in [0.1, 0.15) is 0 Å². The third kappa shape index (κ3) is 8.43. The monoisotopic (exact) mass is 590 g/mol. The number of carbonyl (C=O) groups excluding carboxylic acids is 1. The largest absolute Gasteiger partial charge is 0.331 e. The summed E-state index contributed by atoms with van der Waals surface area (Å²) in [5.74, 6) is 0.0780. The summed E-state index contributed by atoms with van der Waals surface area (Å²) in [6.07, 6.45) is 3.65. The van der Waals surface area contributed by atoms with E-state index in [1.54, 1.807) is 31.3 Å². The van der Waals surface area contributed by atoms with E-state index in [0.29, 0.717) is 11.4 Å². The average Bonchev–Trinajstić information content (AvgIpc) is 3.03. The first kappa shape index (κ1) is 31.7. The summed E-state index contributed by atoms with van der Waals surface area (Å²) in [6.45, 7) is 8.05. The molecule has 2 atom stereocenters. The Hall–Kier alpha value is -3.20. The molecule has 1 unspecified atom stereocenters. The highest BCUT2D eigenvalue weighted by molar-refractivity contribution is 7.89. The first-order valence-electron chi connectivity index (χ1n) is 15.2.